The maximum atomic E-state index is 13.3. The predicted octanol–water partition coefficient (Wildman–Crippen LogP) is 6.40. The van der Waals surface area contributed by atoms with E-state index in [1.807, 2.05) is 49.4 Å². The molecule has 0 spiro atoms. The molecule has 1 atom stereocenters. The van der Waals surface area contributed by atoms with Crippen LogP contribution < -0.4 is 10.1 Å². The lowest BCUT2D eigenvalue weighted by Gasteiger charge is -2.23. The number of hydrogen-bond acceptors (Lipinski definition) is 4. The van der Waals surface area contributed by atoms with Gasteiger partial charge in [-0.3, -0.25) is 0 Å². The Hall–Kier alpha value is -3.87. The summed E-state index contributed by atoms with van der Waals surface area (Å²) in [5, 5.41) is 2.97. The molecular formula is C26H24FN3O3. The van der Waals surface area contributed by atoms with Gasteiger partial charge >= 0.3 is 6.03 Å². The molecule has 1 N–H and O–H groups in total. The molecule has 1 unspecified atom stereocenters. The van der Waals surface area contributed by atoms with Gasteiger partial charge in [-0.15, -0.1) is 0 Å². The van der Waals surface area contributed by atoms with E-state index >= 15 is 0 Å². The quantitative estimate of drug-likeness (QED) is 0.386. The number of nitrogens with one attached hydrogen (secondary N) is 1. The zero-order valence-electron chi connectivity index (χ0n) is 18.3. The minimum atomic E-state index is -0.271. The van der Waals surface area contributed by atoms with E-state index in [2.05, 4.69) is 5.32 Å². The van der Waals surface area contributed by atoms with Crippen molar-refractivity contribution in [2.75, 3.05) is 18.5 Å². The summed E-state index contributed by atoms with van der Waals surface area (Å²) in [5.41, 5.74) is 3.83. The Kier molecular flexibility index (Phi) is 5.69. The summed E-state index contributed by atoms with van der Waals surface area (Å²) in [6.45, 7) is 3.04. The van der Waals surface area contributed by atoms with Crippen LogP contribution in [0, 0.1) is 5.82 Å². The van der Waals surface area contributed by atoms with Crippen LogP contribution in [0.1, 0.15) is 31.7 Å². The van der Waals surface area contributed by atoms with Gasteiger partial charge in [0.05, 0.1) is 12.3 Å². The van der Waals surface area contributed by atoms with Gasteiger partial charge in [0.2, 0.25) is 5.89 Å². The topological polar surface area (TPSA) is 67.6 Å². The molecule has 2 heterocycles. The number of likely N-dealkylation sites (tertiary alicyclic amines) is 1. The predicted molar refractivity (Wildman–Crippen MR) is 125 cm³/mol. The Bertz CT molecular complexity index is 1290. The smallest absolute Gasteiger partial charge is 0.322 e. The molecule has 1 aromatic heterocycles. The number of ether oxygens (including phenoxy) is 1. The molecule has 5 rings (SSSR count). The molecule has 6 nitrogen and oxygen atoms in total. The van der Waals surface area contributed by atoms with Crippen LogP contribution in [0.25, 0.3) is 22.2 Å². The highest BCUT2D eigenvalue weighted by molar-refractivity contribution is 5.91. The molecule has 1 aliphatic heterocycles. The van der Waals surface area contributed by atoms with E-state index in [-0.39, 0.29) is 17.9 Å². The van der Waals surface area contributed by atoms with Crippen LogP contribution in [0.3, 0.4) is 0 Å². The van der Waals surface area contributed by atoms with Crippen molar-refractivity contribution in [2.45, 2.75) is 25.8 Å². The fourth-order valence-corrected chi connectivity index (χ4v) is 4.21. The van der Waals surface area contributed by atoms with Crippen LogP contribution in [-0.4, -0.2) is 29.1 Å². The fraction of sp³-hybridized carbons (Fsp3) is 0.231. The van der Waals surface area contributed by atoms with Crippen molar-refractivity contribution in [3.05, 3.63) is 78.4 Å². The van der Waals surface area contributed by atoms with Crippen LogP contribution in [0.2, 0.25) is 0 Å². The monoisotopic (exact) mass is 445 g/mol. The number of nitrogens with zero attached hydrogens (tertiary/aromatic N) is 2. The standard InChI is InChI=1S/C26H24FN3O3/c1-2-32-23-8-4-3-6-20(23)29-26(31)30-15-5-7-22(30)25-28-21-16-18(11-14-24(21)33-25)17-9-12-19(27)13-10-17/h3-4,6,8-14,16,22H,2,5,7,15H2,1H3,(H,29,31). The van der Waals surface area contributed by atoms with E-state index in [0.29, 0.717) is 41.6 Å². The highest BCUT2D eigenvalue weighted by atomic mass is 19.1. The fourth-order valence-electron chi connectivity index (χ4n) is 4.21. The van der Waals surface area contributed by atoms with Gasteiger partial charge in [0.25, 0.3) is 0 Å². The second-order valence-electron chi connectivity index (χ2n) is 7.95. The van der Waals surface area contributed by atoms with E-state index in [4.69, 9.17) is 14.1 Å². The van der Waals surface area contributed by atoms with Gasteiger partial charge in [0, 0.05) is 6.54 Å². The summed E-state index contributed by atoms with van der Waals surface area (Å²) in [5.74, 6) is 0.887. The van der Waals surface area contributed by atoms with Crippen molar-refractivity contribution in [3.8, 4) is 16.9 Å². The lowest BCUT2D eigenvalue weighted by molar-refractivity contribution is 0.198. The highest BCUT2D eigenvalue weighted by Crippen LogP contribution is 2.35. The number of fused-ring (bicyclic) bond motifs is 1. The lowest BCUT2D eigenvalue weighted by atomic mass is 10.1. The number of para-hydroxylation sites is 2. The summed E-state index contributed by atoms with van der Waals surface area (Å²) in [4.78, 5) is 19.6. The number of rotatable bonds is 5. The third-order valence-electron chi connectivity index (χ3n) is 5.81. The number of halogens is 1. The molecule has 3 aromatic carbocycles. The zero-order valence-corrected chi connectivity index (χ0v) is 18.3. The maximum Gasteiger partial charge on any atom is 0.322 e. The first-order valence-electron chi connectivity index (χ1n) is 11.1. The Morgan fingerprint density at radius 1 is 1.15 bits per heavy atom. The molecule has 4 aromatic rings. The van der Waals surface area contributed by atoms with Crippen molar-refractivity contribution < 1.29 is 18.3 Å². The molecule has 1 fully saturated rings. The Morgan fingerprint density at radius 2 is 1.94 bits per heavy atom. The number of urea groups is 1. The number of amides is 2. The van der Waals surface area contributed by atoms with E-state index in [1.54, 1.807) is 17.0 Å². The van der Waals surface area contributed by atoms with Gasteiger partial charge in [-0.25, -0.2) is 14.2 Å². The summed E-state index contributed by atoms with van der Waals surface area (Å²) < 4.78 is 24.9. The molecule has 33 heavy (non-hydrogen) atoms. The molecule has 7 heteroatoms. The second kappa shape index (κ2) is 8.94. The van der Waals surface area contributed by atoms with Gasteiger partial charge in [0.15, 0.2) is 5.58 Å². The van der Waals surface area contributed by atoms with Crippen molar-refractivity contribution in [2.24, 2.45) is 0 Å². The molecule has 168 valence electrons. The van der Waals surface area contributed by atoms with Crippen molar-refractivity contribution in [1.82, 2.24) is 9.88 Å². The second-order valence-corrected chi connectivity index (χ2v) is 7.95. The summed E-state index contributed by atoms with van der Waals surface area (Å²) >= 11 is 0. The first-order valence-corrected chi connectivity index (χ1v) is 11.1. The average Bonchev–Trinajstić information content (AvgIpc) is 3.47. The summed E-state index contributed by atoms with van der Waals surface area (Å²) in [6, 6.07) is 19.0. The van der Waals surface area contributed by atoms with Crippen LogP contribution in [0.4, 0.5) is 14.9 Å². The first kappa shape index (κ1) is 21.0. The Balaban J connectivity index is 1.38. The minimum absolute atomic E-state index is 0.209. The normalized spacial score (nSPS) is 15.7. The SMILES string of the molecule is CCOc1ccccc1NC(=O)N1CCCC1c1nc2cc(-c3ccc(F)cc3)ccc2o1. The molecule has 2 amide bonds. The third-order valence-corrected chi connectivity index (χ3v) is 5.81. The average molecular weight is 445 g/mol. The number of oxazole rings is 1. The van der Waals surface area contributed by atoms with Crippen LogP contribution in [0.5, 0.6) is 5.75 Å². The largest absolute Gasteiger partial charge is 0.492 e. The van der Waals surface area contributed by atoms with E-state index in [0.717, 1.165) is 24.0 Å². The Morgan fingerprint density at radius 3 is 2.76 bits per heavy atom. The van der Waals surface area contributed by atoms with Crippen LogP contribution in [-0.2, 0) is 0 Å². The number of benzene rings is 3. The van der Waals surface area contributed by atoms with E-state index < -0.39 is 0 Å². The lowest BCUT2D eigenvalue weighted by Crippen LogP contribution is -2.34. The van der Waals surface area contributed by atoms with E-state index in [1.165, 1.54) is 12.1 Å². The number of anilines is 1. The summed E-state index contributed by atoms with van der Waals surface area (Å²) in [7, 11) is 0. The number of carbonyl (C=O) groups is 1. The van der Waals surface area contributed by atoms with Crippen molar-refractivity contribution in [3.63, 3.8) is 0 Å². The highest BCUT2D eigenvalue weighted by Gasteiger charge is 2.34. The van der Waals surface area contributed by atoms with Crippen LogP contribution >= 0.6 is 0 Å². The number of carbonyl (C=O) groups excluding carboxylic acids is 1. The van der Waals surface area contributed by atoms with Gasteiger partial charge < -0.3 is 19.4 Å². The molecular weight excluding hydrogens is 421 g/mol. The number of aromatic nitrogens is 1. The van der Waals surface area contributed by atoms with Crippen molar-refractivity contribution in [1.29, 1.82) is 0 Å². The molecule has 0 aliphatic carbocycles. The third kappa shape index (κ3) is 4.26. The van der Waals surface area contributed by atoms with Crippen molar-refractivity contribution >= 4 is 22.8 Å². The summed E-state index contributed by atoms with van der Waals surface area (Å²) in [6.07, 6.45) is 1.64. The minimum Gasteiger partial charge on any atom is -0.492 e. The van der Waals surface area contributed by atoms with Gasteiger partial charge in [-0.1, -0.05) is 30.3 Å². The maximum absolute atomic E-state index is 13.3. The van der Waals surface area contributed by atoms with Gasteiger partial charge in [0.1, 0.15) is 23.1 Å². The first-order chi connectivity index (χ1) is 16.1. The van der Waals surface area contributed by atoms with Gasteiger partial charge in [-0.2, -0.15) is 0 Å². The number of hydrogen-bond donors (Lipinski definition) is 1. The molecule has 0 radical (unpaired) electrons. The zero-order chi connectivity index (χ0) is 22.8. The molecule has 1 saturated heterocycles. The molecule has 1 aliphatic rings. The van der Waals surface area contributed by atoms with Crippen LogP contribution in [0.15, 0.2) is 71.1 Å². The molecule has 0 bridgehead atoms. The van der Waals surface area contributed by atoms with E-state index in [9.17, 15) is 9.18 Å². The van der Waals surface area contributed by atoms with Gasteiger partial charge in [-0.05, 0) is 67.3 Å². The molecule has 0 saturated carbocycles. The Labute approximate surface area is 191 Å².